The third-order valence-corrected chi connectivity index (χ3v) is 7.03. The van der Waals surface area contributed by atoms with Crippen LogP contribution in [-0.4, -0.2) is 60.7 Å². The molecule has 3 rings (SSSR count). The SMILES string of the molecule is CS(=O)(=O)c1ccc(CN2CC3(CCCCC3)C(O)=C(C(=O)NCC(=O)O)C2=O)cc1. The van der Waals surface area contributed by atoms with Crippen LogP contribution in [0.1, 0.15) is 37.7 Å². The minimum atomic E-state index is -3.35. The number of carboxylic acids is 1. The molecule has 1 spiro atoms. The Balaban J connectivity index is 1.92. The number of rotatable bonds is 6. The Morgan fingerprint density at radius 2 is 1.74 bits per heavy atom. The van der Waals surface area contributed by atoms with Gasteiger partial charge in [-0.3, -0.25) is 14.4 Å². The molecule has 168 valence electrons. The Labute approximate surface area is 180 Å². The number of aliphatic hydroxyl groups excluding tert-OH is 1. The molecule has 1 aromatic rings. The van der Waals surface area contributed by atoms with Gasteiger partial charge in [-0.1, -0.05) is 31.4 Å². The Kier molecular flexibility index (Phi) is 6.40. The van der Waals surface area contributed by atoms with Crippen molar-refractivity contribution in [1.82, 2.24) is 10.2 Å². The first-order valence-electron chi connectivity index (χ1n) is 10.1. The zero-order valence-corrected chi connectivity index (χ0v) is 18.1. The Hall–Kier alpha value is -2.88. The van der Waals surface area contributed by atoms with Crippen molar-refractivity contribution in [2.24, 2.45) is 5.41 Å². The van der Waals surface area contributed by atoms with Crippen LogP contribution in [0.2, 0.25) is 0 Å². The van der Waals surface area contributed by atoms with Crippen LogP contribution >= 0.6 is 0 Å². The second-order valence-electron chi connectivity index (χ2n) is 8.22. The number of sulfone groups is 1. The molecule has 0 bridgehead atoms. The van der Waals surface area contributed by atoms with E-state index in [-0.39, 0.29) is 23.7 Å². The fourth-order valence-electron chi connectivity index (χ4n) is 4.30. The molecule has 1 aromatic carbocycles. The predicted octanol–water partition coefficient (Wildman–Crippen LogP) is 1.40. The highest BCUT2D eigenvalue weighted by molar-refractivity contribution is 7.90. The van der Waals surface area contributed by atoms with Gasteiger partial charge >= 0.3 is 5.97 Å². The van der Waals surface area contributed by atoms with Crippen LogP contribution in [0.5, 0.6) is 0 Å². The van der Waals surface area contributed by atoms with Crippen molar-refractivity contribution < 1.29 is 33.0 Å². The Morgan fingerprint density at radius 3 is 2.29 bits per heavy atom. The zero-order chi connectivity index (χ0) is 22.8. The van der Waals surface area contributed by atoms with Gasteiger partial charge in [0, 0.05) is 24.8 Å². The number of hydrogen-bond acceptors (Lipinski definition) is 6. The number of benzene rings is 1. The molecule has 1 aliphatic heterocycles. The number of carbonyl (C=O) groups is 3. The third kappa shape index (κ3) is 4.90. The van der Waals surface area contributed by atoms with E-state index in [0.29, 0.717) is 18.4 Å². The molecule has 1 aliphatic carbocycles. The van der Waals surface area contributed by atoms with Crippen molar-refractivity contribution in [3.8, 4) is 0 Å². The van der Waals surface area contributed by atoms with Gasteiger partial charge in [-0.05, 0) is 30.5 Å². The number of carboxylic acid groups (broad SMARTS) is 1. The Morgan fingerprint density at radius 1 is 1.13 bits per heavy atom. The lowest BCUT2D eigenvalue weighted by atomic mass is 9.69. The number of carbonyl (C=O) groups excluding carboxylic acids is 2. The van der Waals surface area contributed by atoms with Crippen LogP contribution < -0.4 is 5.32 Å². The van der Waals surface area contributed by atoms with E-state index < -0.39 is 45.2 Å². The van der Waals surface area contributed by atoms with Gasteiger partial charge in [-0.15, -0.1) is 0 Å². The van der Waals surface area contributed by atoms with Gasteiger partial charge in [0.1, 0.15) is 17.9 Å². The first-order chi connectivity index (χ1) is 14.5. The van der Waals surface area contributed by atoms with Crippen molar-refractivity contribution in [2.75, 3.05) is 19.3 Å². The van der Waals surface area contributed by atoms with E-state index >= 15 is 0 Å². The van der Waals surface area contributed by atoms with Crippen LogP contribution in [0.25, 0.3) is 0 Å². The number of hydrogen-bond donors (Lipinski definition) is 3. The summed E-state index contributed by atoms with van der Waals surface area (Å²) in [5.74, 6) is -3.11. The highest BCUT2D eigenvalue weighted by Gasteiger charge is 2.47. The van der Waals surface area contributed by atoms with E-state index in [1.165, 1.54) is 17.0 Å². The van der Waals surface area contributed by atoms with Crippen molar-refractivity contribution in [2.45, 2.75) is 43.5 Å². The summed E-state index contributed by atoms with van der Waals surface area (Å²) in [5, 5.41) is 21.9. The second kappa shape index (κ2) is 8.70. The molecular weight excluding hydrogens is 424 g/mol. The van der Waals surface area contributed by atoms with E-state index in [9.17, 15) is 27.9 Å². The molecule has 1 fully saturated rings. The van der Waals surface area contributed by atoms with Gasteiger partial charge < -0.3 is 20.4 Å². The van der Waals surface area contributed by atoms with E-state index in [2.05, 4.69) is 5.32 Å². The molecule has 0 saturated heterocycles. The van der Waals surface area contributed by atoms with E-state index in [4.69, 9.17) is 5.11 Å². The first-order valence-corrected chi connectivity index (χ1v) is 11.9. The molecule has 0 atom stereocenters. The molecule has 10 heteroatoms. The molecule has 2 aliphatic rings. The van der Waals surface area contributed by atoms with Crippen LogP contribution in [0.3, 0.4) is 0 Å². The number of nitrogens with one attached hydrogen (secondary N) is 1. The van der Waals surface area contributed by atoms with Crippen molar-refractivity contribution in [3.05, 3.63) is 41.2 Å². The number of nitrogens with zero attached hydrogens (tertiary/aromatic N) is 1. The molecule has 3 N–H and O–H groups in total. The smallest absolute Gasteiger partial charge is 0.322 e. The van der Waals surface area contributed by atoms with Gasteiger partial charge in [0.05, 0.1) is 4.90 Å². The van der Waals surface area contributed by atoms with Crippen molar-refractivity contribution in [3.63, 3.8) is 0 Å². The lowest BCUT2D eigenvalue weighted by molar-refractivity contribution is -0.139. The standard InChI is InChI=1S/C21H26N2O7S/c1-31(29,30)15-7-5-14(6-8-15)12-23-13-21(9-3-2-4-10-21)18(26)17(20(23)28)19(27)22-11-16(24)25/h5-8,26H,2-4,9-13H2,1H3,(H,22,27)(H,24,25). The number of aliphatic carboxylic acids is 1. The molecule has 31 heavy (non-hydrogen) atoms. The average molecular weight is 451 g/mol. The van der Waals surface area contributed by atoms with Gasteiger partial charge in [0.15, 0.2) is 9.84 Å². The minimum Gasteiger partial charge on any atom is -0.511 e. The van der Waals surface area contributed by atoms with Crippen LogP contribution in [0.4, 0.5) is 0 Å². The van der Waals surface area contributed by atoms with E-state index in [0.717, 1.165) is 25.5 Å². The highest BCUT2D eigenvalue weighted by atomic mass is 32.2. The minimum absolute atomic E-state index is 0.133. The maximum atomic E-state index is 13.1. The quantitative estimate of drug-likeness (QED) is 0.556. The normalized spacial score (nSPS) is 18.9. The van der Waals surface area contributed by atoms with Crippen LogP contribution in [-0.2, 0) is 30.8 Å². The number of amides is 2. The third-order valence-electron chi connectivity index (χ3n) is 5.90. The zero-order valence-electron chi connectivity index (χ0n) is 17.3. The van der Waals surface area contributed by atoms with Gasteiger partial charge in [-0.2, -0.15) is 0 Å². The largest absolute Gasteiger partial charge is 0.511 e. The summed E-state index contributed by atoms with van der Waals surface area (Å²) in [4.78, 5) is 38.1. The number of aliphatic hydroxyl groups is 1. The maximum absolute atomic E-state index is 13.1. The fourth-order valence-corrected chi connectivity index (χ4v) is 4.93. The van der Waals surface area contributed by atoms with Crippen LogP contribution in [0, 0.1) is 5.41 Å². The summed E-state index contributed by atoms with van der Waals surface area (Å²) >= 11 is 0. The summed E-state index contributed by atoms with van der Waals surface area (Å²) < 4.78 is 23.3. The Bertz CT molecular complexity index is 1020. The van der Waals surface area contributed by atoms with Crippen LogP contribution in [0.15, 0.2) is 40.5 Å². The lowest BCUT2D eigenvalue weighted by Gasteiger charge is -2.44. The van der Waals surface area contributed by atoms with E-state index in [1.807, 2.05) is 0 Å². The first kappa shape index (κ1) is 22.8. The van der Waals surface area contributed by atoms with Gasteiger partial charge in [0.25, 0.3) is 11.8 Å². The summed E-state index contributed by atoms with van der Waals surface area (Å²) in [5.41, 5.74) is -0.477. The molecule has 9 nitrogen and oxygen atoms in total. The second-order valence-corrected chi connectivity index (χ2v) is 10.2. The lowest BCUT2D eigenvalue weighted by Crippen LogP contribution is -2.51. The summed E-state index contributed by atoms with van der Waals surface area (Å²) in [7, 11) is -3.35. The molecule has 0 unspecified atom stereocenters. The van der Waals surface area contributed by atoms with Gasteiger partial charge in [-0.25, -0.2) is 8.42 Å². The molecule has 1 saturated carbocycles. The van der Waals surface area contributed by atoms with Crippen molar-refractivity contribution >= 4 is 27.6 Å². The van der Waals surface area contributed by atoms with Gasteiger partial charge in [0.2, 0.25) is 0 Å². The molecule has 0 aromatic heterocycles. The summed E-state index contributed by atoms with van der Waals surface area (Å²) in [6.07, 6.45) is 5.03. The topological polar surface area (TPSA) is 141 Å². The fraction of sp³-hybridized carbons (Fsp3) is 0.476. The average Bonchev–Trinajstić information content (AvgIpc) is 2.71. The molecule has 0 radical (unpaired) electrons. The highest BCUT2D eigenvalue weighted by Crippen LogP contribution is 2.46. The summed E-state index contributed by atoms with van der Waals surface area (Å²) in [6.45, 7) is -0.294. The van der Waals surface area contributed by atoms with Crippen molar-refractivity contribution in [1.29, 1.82) is 0 Å². The monoisotopic (exact) mass is 450 g/mol. The maximum Gasteiger partial charge on any atom is 0.322 e. The summed E-state index contributed by atoms with van der Waals surface area (Å²) in [6, 6.07) is 6.14. The van der Waals surface area contributed by atoms with E-state index in [1.54, 1.807) is 12.1 Å². The molecular formula is C21H26N2O7S. The molecule has 1 heterocycles. The molecule has 2 amide bonds. The predicted molar refractivity (Wildman–Crippen MR) is 111 cm³/mol.